The summed E-state index contributed by atoms with van der Waals surface area (Å²) in [6, 6.07) is 1.68. The summed E-state index contributed by atoms with van der Waals surface area (Å²) < 4.78 is 36.2. The molecular formula is C8H7F3N4. The number of hydrogen-bond acceptors (Lipinski definition) is 4. The number of halogens is 3. The second-order valence-electron chi connectivity index (χ2n) is 2.81. The minimum atomic E-state index is -4.33. The van der Waals surface area contributed by atoms with Gasteiger partial charge in [0, 0.05) is 19.4 Å². The van der Waals surface area contributed by atoms with Crippen LogP contribution in [0.1, 0.15) is 5.69 Å². The van der Waals surface area contributed by atoms with Gasteiger partial charge >= 0.3 is 6.18 Å². The van der Waals surface area contributed by atoms with Crippen molar-refractivity contribution in [3.8, 4) is 6.07 Å². The van der Waals surface area contributed by atoms with E-state index in [4.69, 9.17) is 5.26 Å². The number of rotatable bonds is 2. The standard InChI is InChI=1S/C8H7F3N4/c1-15(5-8(9,10)11)7-6(4-12)13-2-3-14-7/h2-3H,5H2,1H3. The van der Waals surface area contributed by atoms with E-state index in [1.165, 1.54) is 19.4 Å². The molecule has 1 heterocycles. The Morgan fingerprint density at radius 1 is 1.40 bits per heavy atom. The summed E-state index contributed by atoms with van der Waals surface area (Å²) >= 11 is 0. The molecule has 0 aliphatic carbocycles. The van der Waals surface area contributed by atoms with Gasteiger partial charge in [0.05, 0.1) is 0 Å². The molecular weight excluding hydrogens is 209 g/mol. The molecule has 1 aromatic rings. The molecule has 4 nitrogen and oxygen atoms in total. The van der Waals surface area contributed by atoms with Crippen LogP contribution in [0.5, 0.6) is 0 Å². The van der Waals surface area contributed by atoms with E-state index in [0.29, 0.717) is 0 Å². The third kappa shape index (κ3) is 3.09. The summed E-state index contributed by atoms with van der Waals surface area (Å²) in [6.45, 7) is -1.17. The highest BCUT2D eigenvalue weighted by Crippen LogP contribution is 2.20. The van der Waals surface area contributed by atoms with Gasteiger partial charge in [-0.05, 0) is 0 Å². The lowest BCUT2D eigenvalue weighted by atomic mass is 10.4. The Kier molecular flexibility index (Phi) is 3.09. The maximum atomic E-state index is 12.1. The molecule has 0 unspecified atom stereocenters. The van der Waals surface area contributed by atoms with E-state index in [0.717, 1.165) is 4.90 Å². The van der Waals surface area contributed by atoms with E-state index in [2.05, 4.69) is 9.97 Å². The fourth-order valence-corrected chi connectivity index (χ4v) is 1.03. The number of alkyl halides is 3. The van der Waals surface area contributed by atoms with Crippen molar-refractivity contribution in [3.05, 3.63) is 18.1 Å². The number of nitrogens with zero attached hydrogens (tertiary/aromatic N) is 4. The first-order valence-electron chi connectivity index (χ1n) is 3.93. The van der Waals surface area contributed by atoms with Gasteiger partial charge < -0.3 is 4.90 Å². The van der Waals surface area contributed by atoms with Crippen molar-refractivity contribution in [2.45, 2.75) is 6.18 Å². The zero-order valence-corrected chi connectivity index (χ0v) is 7.78. The summed E-state index contributed by atoms with van der Waals surface area (Å²) in [5.74, 6) is -0.0719. The summed E-state index contributed by atoms with van der Waals surface area (Å²) in [5, 5.41) is 8.61. The maximum Gasteiger partial charge on any atom is 0.405 e. The van der Waals surface area contributed by atoms with Gasteiger partial charge in [0.25, 0.3) is 0 Å². The summed E-state index contributed by atoms with van der Waals surface area (Å²) in [4.78, 5) is 8.13. The average molecular weight is 216 g/mol. The van der Waals surface area contributed by atoms with E-state index in [9.17, 15) is 13.2 Å². The molecule has 7 heteroatoms. The lowest BCUT2D eigenvalue weighted by Crippen LogP contribution is -2.32. The van der Waals surface area contributed by atoms with Crippen LogP contribution in [0, 0.1) is 11.3 Å². The van der Waals surface area contributed by atoms with Crippen molar-refractivity contribution in [1.82, 2.24) is 9.97 Å². The fraction of sp³-hybridized carbons (Fsp3) is 0.375. The average Bonchev–Trinajstić information content (AvgIpc) is 2.15. The van der Waals surface area contributed by atoms with Crippen molar-refractivity contribution >= 4 is 5.82 Å². The third-order valence-electron chi connectivity index (χ3n) is 1.56. The first-order chi connectivity index (χ1) is 6.94. The van der Waals surface area contributed by atoms with E-state index < -0.39 is 12.7 Å². The number of aromatic nitrogens is 2. The van der Waals surface area contributed by atoms with Gasteiger partial charge in [-0.1, -0.05) is 0 Å². The van der Waals surface area contributed by atoms with Gasteiger partial charge in [0.15, 0.2) is 11.5 Å². The zero-order chi connectivity index (χ0) is 11.5. The van der Waals surface area contributed by atoms with Crippen LogP contribution in [0.3, 0.4) is 0 Å². The van der Waals surface area contributed by atoms with Crippen LogP contribution in [0.2, 0.25) is 0 Å². The molecule has 0 bridgehead atoms. The SMILES string of the molecule is CN(CC(F)(F)F)c1nccnc1C#N. The van der Waals surface area contributed by atoms with Gasteiger partial charge in [-0.2, -0.15) is 18.4 Å². The van der Waals surface area contributed by atoms with Gasteiger partial charge in [0.1, 0.15) is 12.6 Å². The van der Waals surface area contributed by atoms with Crippen molar-refractivity contribution in [2.75, 3.05) is 18.5 Å². The quantitative estimate of drug-likeness (QED) is 0.748. The smallest absolute Gasteiger partial charge is 0.348 e. The molecule has 0 N–H and O–H groups in total. The van der Waals surface area contributed by atoms with Gasteiger partial charge in [-0.15, -0.1) is 0 Å². The molecule has 0 atom stereocenters. The van der Waals surface area contributed by atoms with Crippen LogP contribution in [-0.2, 0) is 0 Å². The maximum absolute atomic E-state index is 12.1. The molecule has 0 spiro atoms. The van der Waals surface area contributed by atoms with Crippen molar-refractivity contribution in [3.63, 3.8) is 0 Å². The Morgan fingerprint density at radius 3 is 2.53 bits per heavy atom. The Balaban J connectivity index is 2.92. The van der Waals surface area contributed by atoms with Crippen molar-refractivity contribution in [2.24, 2.45) is 0 Å². The first-order valence-corrected chi connectivity index (χ1v) is 3.93. The molecule has 1 aromatic heterocycles. The molecule has 15 heavy (non-hydrogen) atoms. The lowest BCUT2D eigenvalue weighted by molar-refractivity contribution is -0.119. The fourth-order valence-electron chi connectivity index (χ4n) is 1.03. The predicted octanol–water partition coefficient (Wildman–Crippen LogP) is 1.35. The Labute approximate surface area is 84.0 Å². The molecule has 0 saturated carbocycles. The number of anilines is 1. The summed E-state index contributed by atoms with van der Waals surface area (Å²) in [7, 11) is 1.21. The molecule has 1 rings (SSSR count). The number of hydrogen-bond donors (Lipinski definition) is 0. The molecule has 0 aliphatic heterocycles. The van der Waals surface area contributed by atoms with Crippen LogP contribution >= 0.6 is 0 Å². The van der Waals surface area contributed by atoms with Crippen LogP contribution in [0.15, 0.2) is 12.4 Å². The van der Waals surface area contributed by atoms with Crippen LogP contribution in [-0.4, -0.2) is 29.7 Å². The molecule has 0 aliphatic rings. The molecule has 80 valence electrons. The molecule has 0 radical (unpaired) electrons. The van der Waals surface area contributed by atoms with Crippen molar-refractivity contribution < 1.29 is 13.2 Å². The van der Waals surface area contributed by atoms with E-state index in [1.807, 2.05) is 0 Å². The van der Waals surface area contributed by atoms with Gasteiger partial charge in [-0.3, -0.25) is 0 Å². The topological polar surface area (TPSA) is 52.8 Å². The highest BCUT2D eigenvalue weighted by atomic mass is 19.4. The summed E-state index contributed by atoms with van der Waals surface area (Å²) in [6.07, 6.45) is -1.84. The predicted molar refractivity (Wildman–Crippen MR) is 46.1 cm³/mol. The second-order valence-corrected chi connectivity index (χ2v) is 2.81. The Bertz CT molecular complexity index is 382. The first kappa shape index (κ1) is 11.2. The number of nitriles is 1. The van der Waals surface area contributed by atoms with E-state index in [1.54, 1.807) is 6.07 Å². The highest BCUT2D eigenvalue weighted by molar-refractivity contribution is 5.48. The monoisotopic (exact) mass is 216 g/mol. The third-order valence-corrected chi connectivity index (χ3v) is 1.56. The van der Waals surface area contributed by atoms with E-state index in [-0.39, 0.29) is 11.5 Å². The van der Waals surface area contributed by atoms with Crippen LogP contribution < -0.4 is 4.90 Å². The van der Waals surface area contributed by atoms with Gasteiger partial charge in [-0.25, -0.2) is 9.97 Å². The Morgan fingerprint density at radius 2 is 2.00 bits per heavy atom. The highest BCUT2D eigenvalue weighted by Gasteiger charge is 2.30. The molecule has 0 aromatic carbocycles. The van der Waals surface area contributed by atoms with Crippen molar-refractivity contribution in [1.29, 1.82) is 5.26 Å². The summed E-state index contributed by atoms with van der Waals surface area (Å²) in [5.41, 5.74) is -0.121. The van der Waals surface area contributed by atoms with Crippen LogP contribution in [0.4, 0.5) is 19.0 Å². The molecule has 0 saturated heterocycles. The molecule has 0 fully saturated rings. The largest absolute Gasteiger partial charge is 0.405 e. The normalized spacial score (nSPS) is 10.9. The Hall–Kier alpha value is -1.84. The second kappa shape index (κ2) is 4.13. The van der Waals surface area contributed by atoms with E-state index >= 15 is 0 Å². The zero-order valence-electron chi connectivity index (χ0n) is 7.78. The molecule has 0 amide bonds. The van der Waals surface area contributed by atoms with Gasteiger partial charge in [0.2, 0.25) is 0 Å². The minimum Gasteiger partial charge on any atom is -0.348 e. The van der Waals surface area contributed by atoms with Crippen LogP contribution in [0.25, 0.3) is 0 Å². The lowest BCUT2D eigenvalue weighted by Gasteiger charge is -2.19. The minimum absolute atomic E-state index is 0.0719.